The van der Waals surface area contributed by atoms with E-state index in [1.54, 1.807) is 48.8 Å². The maximum atomic E-state index is 12.5. The second-order valence-corrected chi connectivity index (χ2v) is 6.69. The van der Waals surface area contributed by atoms with Crippen LogP contribution in [0.15, 0.2) is 55.1 Å². The van der Waals surface area contributed by atoms with Crippen molar-refractivity contribution in [3.63, 3.8) is 0 Å². The zero-order valence-electron chi connectivity index (χ0n) is 15.0. The number of amides is 1. The molecule has 1 aliphatic heterocycles. The molecular formula is C19H18ClN7O. The first-order valence-corrected chi connectivity index (χ1v) is 9.23. The number of halogens is 1. The van der Waals surface area contributed by atoms with Gasteiger partial charge in [0, 0.05) is 55.3 Å². The third kappa shape index (κ3) is 4.17. The van der Waals surface area contributed by atoms with Crippen molar-refractivity contribution in [1.82, 2.24) is 19.9 Å². The SMILES string of the molecule is O=C(Nc1cccc(Cl)c1)c1cc(N2CCN(c3ncccn3)CC2)ncn1. The average molecular weight is 396 g/mol. The van der Waals surface area contributed by atoms with Crippen LogP contribution in [0.25, 0.3) is 0 Å². The van der Waals surface area contributed by atoms with Crippen molar-refractivity contribution >= 4 is 35.0 Å². The molecule has 0 atom stereocenters. The van der Waals surface area contributed by atoms with Crippen LogP contribution in [0.2, 0.25) is 5.02 Å². The summed E-state index contributed by atoms with van der Waals surface area (Å²) < 4.78 is 0. The highest BCUT2D eigenvalue weighted by molar-refractivity contribution is 6.30. The van der Waals surface area contributed by atoms with E-state index in [-0.39, 0.29) is 5.91 Å². The number of nitrogens with zero attached hydrogens (tertiary/aromatic N) is 6. The van der Waals surface area contributed by atoms with E-state index < -0.39 is 0 Å². The van der Waals surface area contributed by atoms with Crippen LogP contribution in [-0.2, 0) is 0 Å². The van der Waals surface area contributed by atoms with Gasteiger partial charge in [-0.05, 0) is 24.3 Å². The molecule has 8 nitrogen and oxygen atoms in total. The Hall–Kier alpha value is -3.26. The number of rotatable bonds is 4. The largest absolute Gasteiger partial charge is 0.353 e. The van der Waals surface area contributed by atoms with Gasteiger partial charge in [0.2, 0.25) is 5.95 Å². The summed E-state index contributed by atoms with van der Waals surface area (Å²) in [5, 5.41) is 3.36. The lowest BCUT2D eigenvalue weighted by molar-refractivity contribution is 0.102. The van der Waals surface area contributed by atoms with Gasteiger partial charge in [0.1, 0.15) is 17.8 Å². The van der Waals surface area contributed by atoms with E-state index in [4.69, 9.17) is 11.6 Å². The lowest BCUT2D eigenvalue weighted by Gasteiger charge is -2.35. The van der Waals surface area contributed by atoms with Gasteiger partial charge in [-0.2, -0.15) is 0 Å². The van der Waals surface area contributed by atoms with Gasteiger partial charge in [-0.25, -0.2) is 19.9 Å². The Balaban J connectivity index is 1.42. The van der Waals surface area contributed by atoms with E-state index in [1.165, 1.54) is 6.33 Å². The van der Waals surface area contributed by atoms with Gasteiger partial charge in [-0.1, -0.05) is 17.7 Å². The van der Waals surface area contributed by atoms with Crippen LogP contribution >= 0.6 is 11.6 Å². The lowest BCUT2D eigenvalue weighted by atomic mass is 10.2. The standard InChI is InChI=1S/C19H18ClN7O/c20-14-3-1-4-15(11-14)25-18(28)16-12-17(24-13-23-16)26-7-9-27(10-8-26)19-21-5-2-6-22-19/h1-6,11-13H,7-10H2,(H,25,28). The molecule has 4 rings (SSSR count). The lowest BCUT2D eigenvalue weighted by Crippen LogP contribution is -2.47. The molecule has 1 aromatic carbocycles. The Bertz CT molecular complexity index is 961. The van der Waals surface area contributed by atoms with Gasteiger partial charge in [0.15, 0.2) is 0 Å². The van der Waals surface area contributed by atoms with Gasteiger partial charge < -0.3 is 15.1 Å². The molecule has 1 fully saturated rings. The maximum Gasteiger partial charge on any atom is 0.274 e. The van der Waals surface area contributed by atoms with Gasteiger partial charge in [-0.15, -0.1) is 0 Å². The second-order valence-electron chi connectivity index (χ2n) is 6.25. The molecule has 1 amide bonds. The number of aromatic nitrogens is 4. The van der Waals surface area contributed by atoms with Crippen molar-refractivity contribution in [2.45, 2.75) is 0 Å². The Morgan fingerprint density at radius 2 is 1.68 bits per heavy atom. The van der Waals surface area contributed by atoms with Gasteiger partial charge in [0.05, 0.1) is 0 Å². The molecule has 1 N–H and O–H groups in total. The van der Waals surface area contributed by atoms with Crippen LogP contribution in [0.5, 0.6) is 0 Å². The molecule has 0 spiro atoms. The molecule has 0 radical (unpaired) electrons. The Kier molecular flexibility index (Phi) is 5.29. The molecule has 0 unspecified atom stereocenters. The summed E-state index contributed by atoms with van der Waals surface area (Å²) in [7, 11) is 0. The Morgan fingerprint density at radius 3 is 2.43 bits per heavy atom. The quantitative estimate of drug-likeness (QED) is 0.726. The zero-order chi connectivity index (χ0) is 19.3. The third-order valence-electron chi connectivity index (χ3n) is 4.41. The average Bonchev–Trinajstić information content (AvgIpc) is 2.75. The number of carbonyl (C=O) groups is 1. The molecule has 9 heteroatoms. The van der Waals surface area contributed by atoms with E-state index in [2.05, 4.69) is 35.1 Å². The maximum absolute atomic E-state index is 12.5. The van der Waals surface area contributed by atoms with Crippen molar-refractivity contribution in [2.24, 2.45) is 0 Å². The first-order valence-electron chi connectivity index (χ1n) is 8.85. The molecule has 2 aromatic heterocycles. The highest BCUT2D eigenvalue weighted by Crippen LogP contribution is 2.18. The van der Waals surface area contributed by atoms with Crippen molar-refractivity contribution < 1.29 is 4.79 Å². The van der Waals surface area contributed by atoms with E-state index in [0.29, 0.717) is 16.4 Å². The number of benzene rings is 1. The summed E-state index contributed by atoms with van der Waals surface area (Å²) in [4.78, 5) is 33.8. The smallest absolute Gasteiger partial charge is 0.274 e. The summed E-state index contributed by atoms with van der Waals surface area (Å²) in [6.07, 6.45) is 4.89. The summed E-state index contributed by atoms with van der Waals surface area (Å²) in [6, 6.07) is 10.5. The fourth-order valence-corrected chi connectivity index (χ4v) is 3.19. The first kappa shape index (κ1) is 18.1. The van der Waals surface area contributed by atoms with Crippen LogP contribution in [0.1, 0.15) is 10.5 Å². The van der Waals surface area contributed by atoms with E-state index >= 15 is 0 Å². The highest BCUT2D eigenvalue weighted by Gasteiger charge is 2.21. The zero-order valence-corrected chi connectivity index (χ0v) is 15.8. The van der Waals surface area contributed by atoms with E-state index in [1.807, 2.05) is 0 Å². The molecule has 28 heavy (non-hydrogen) atoms. The van der Waals surface area contributed by atoms with Crippen LogP contribution in [-0.4, -0.2) is 52.0 Å². The number of carbonyl (C=O) groups excluding carboxylic acids is 1. The van der Waals surface area contributed by atoms with Crippen LogP contribution < -0.4 is 15.1 Å². The van der Waals surface area contributed by atoms with Gasteiger partial charge in [0.25, 0.3) is 5.91 Å². The number of hydrogen-bond acceptors (Lipinski definition) is 7. The summed E-state index contributed by atoms with van der Waals surface area (Å²) >= 11 is 5.96. The number of piperazine rings is 1. The fraction of sp³-hybridized carbons (Fsp3) is 0.211. The summed E-state index contributed by atoms with van der Waals surface area (Å²) in [6.45, 7) is 3.06. The highest BCUT2D eigenvalue weighted by atomic mass is 35.5. The molecule has 0 bridgehead atoms. The molecule has 3 aromatic rings. The third-order valence-corrected chi connectivity index (χ3v) is 4.64. The van der Waals surface area contributed by atoms with Crippen molar-refractivity contribution in [3.05, 3.63) is 65.8 Å². The second kappa shape index (κ2) is 8.18. The van der Waals surface area contributed by atoms with Crippen LogP contribution in [0.4, 0.5) is 17.5 Å². The molecular weight excluding hydrogens is 378 g/mol. The monoisotopic (exact) mass is 395 g/mol. The predicted octanol–water partition coefficient (Wildman–Crippen LogP) is 2.50. The first-order chi connectivity index (χ1) is 13.7. The minimum atomic E-state index is -0.303. The normalized spacial score (nSPS) is 14.0. The molecule has 1 saturated heterocycles. The number of hydrogen-bond donors (Lipinski definition) is 1. The minimum Gasteiger partial charge on any atom is -0.353 e. The molecule has 0 saturated carbocycles. The van der Waals surface area contributed by atoms with Crippen LogP contribution in [0.3, 0.4) is 0 Å². The van der Waals surface area contributed by atoms with E-state index in [0.717, 1.165) is 37.9 Å². The van der Waals surface area contributed by atoms with E-state index in [9.17, 15) is 4.79 Å². The molecule has 0 aliphatic carbocycles. The van der Waals surface area contributed by atoms with Crippen molar-refractivity contribution in [1.29, 1.82) is 0 Å². The Labute approximate surface area is 167 Å². The van der Waals surface area contributed by atoms with Gasteiger partial charge >= 0.3 is 0 Å². The number of nitrogens with one attached hydrogen (secondary N) is 1. The number of anilines is 3. The van der Waals surface area contributed by atoms with Gasteiger partial charge in [-0.3, -0.25) is 4.79 Å². The molecule has 3 heterocycles. The van der Waals surface area contributed by atoms with Crippen LogP contribution in [0, 0.1) is 0 Å². The molecule has 1 aliphatic rings. The van der Waals surface area contributed by atoms with Crippen molar-refractivity contribution in [3.8, 4) is 0 Å². The Morgan fingerprint density at radius 1 is 0.929 bits per heavy atom. The fourth-order valence-electron chi connectivity index (χ4n) is 3.00. The predicted molar refractivity (Wildman–Crippen MR) is 108 cm³/mol. The summed E-state index contributed by atoms with van der Waals surface area (Å²) in [5.74, 6) is 1.15. The minimum absolute atomic E-state index is 0.303. The van der Waals surface area contributed by atoms with Crippen molar-refractivity contribution in [2.75, 3.05) is 41.3 Å². The molecule has 142 valence electrons. The topological polar surface area (TPSA) is 87.1 Å². The summed E-state index contributed by atoms with van der Waals surface area (Å²) in [5.41, 5.74) is 0.924.